The van der Waals surface area contributed by atoms with Crippen molar-refractivity contribution in [2.24, 2.45) is 5.84 Å². The molecule has 0 spiro atoms. The average molecular weight is 452 g/mol. The number of hydrogen-bond acceptors (Lipinski definition) is 5. The summed E-state index contributed by atoms with van der Waals surface area (Å²) in [6.07, 6.45) is 0.403. The molecule has 0 bridgehead atoms. The number of carbonyl (C=O) groups excluding carboxylic acids is 1. The number of ether oxygens (including phenoxy) is 2. The van der Waals surface area contributed by atoms with Crippen LogP contribution >= 0.6 is 0 Å². The van der Waals surface area contributed by atoms with Crippen molar-refractivity contribution in [2.75, 3.05) is 19.5 Å². The lowest BCUT2D eigenvalue weighted by Crippen LogP contribution is -2.18. The smallest absolute Gasteiger partial charge is 0.221 e. The highest BCUT2D eigenvalue weighted by Gasteiger charge is 2.11. The van der Waals surface area contributed by atoms with Crippen molar-refractivity contribution < 1.29 is 14.3 Å². The molecule has 0 aromatic heterocycles. The maximum absolute atomic E-state index is 8.94. The molecule has 0 aliphatic carbocycles. The molecule has 0 unspecified atom stereocenters. The molecule has 0 aliphatic heterocycles. The molecule has 6 nitrogen and oxygen atoms in total. The maximum Gasteiger partial charge on any atom is 0.221 e. The van der Waals surface area contributed by atoms with Crippen LogP contribution in [0.25, 0.3) is 11.1 Å². The average Bonchev–Trinajstić information content (AvgIpc) is 2.84. The minimum atomic E-state index is 0.403. The Hall–Kier alpha value is -3.51. The molecule has 0 atom stereocenters. The molecule has 6 heteroatoms. The molecule has 0 heterocycles. The van der Waals surface area contributed by atoms with E-state index in [1.165, 1.54) is 22.3 Å². The monoisotopic (exact) mass is 451 g/mol. The second-order valence-electron chi connectivity index (χ2n) is 7.06. The molecular formula is C27H37N3O3. The van der Waals surface area contributed by atoms with Gasteiger partial charge in [-0.05, 0) is 72.9 Å². The van der Waals surface area contributed by atoms with E-state index in [1.54, 1.807) is 12.5 Å². The van der Waals surface area contributed by atoms with Gasteiger partial charge in [-0.15, -0.1) is 0 Å². The van der Waals surface area contributed by atoms with E-state index in [-0.39, 0.29) is 0 Å². The summed E-state index contributed by atoms with van der Waals surface area (Å²) in [7, 11) is 3.59. The second kappa shape index (κ2) is 14.5. The first kappa shape index (κ1) is 27.5. The van der Waals surface area contributed by atoms with Gasteiger partial charge in [-0.1, -0.05) is 44.2 Å². The van der Waals surface area contributed by atoms with E-state index >= 15 is 0 Å². The maximum atomic E-state index is 8.94. The summed E-state index contributed by atoms with van der Waals surface area (Å²) < 4.78 is 11.6. The van der Waals surface area contributed by atoms with Gasteiger partial charge in [0.05, 0.1) is 12.7 Å². The minimum Gasteiger partial charge on any atom is -0.496 e. The number of aryl methyl sites for hydroxylation is 3. The van der Waals surface area contributed by atoms with Crippen molar-refractivity contribution in [2.45, 2.75) is 41.2 Å². The zero-order valence-corrected chi connectivity index (χ0v) is 20.8. The molecule has 0 aliphatic rings. The first-order chi connectivity index (χ1) is 16.0. The second-order valence-corrected chi connectivity index (χ2v) is 7.06. The first-order valence-corrected chi connectivity index (χ1v) is 11.0. The van der Waals surface area contributed by atoms with E-state index in [2.05, 4.69) is 68.3 Å². The van der Waals surface area contributed by atoms with E-state index in [0.717, 1.165) is 28.3 Å². The molecule has 0 radical (unpaired) electrons. The number of methoxy groups -OCH3 is 1. The van der Waals surface area contributed by atoms with Crippen molar-refractivity contribution in [1.29, 1.82) is 0 Å². The summed E-state index contributed by atoms with van der Waals surface area (Å²) in [5.41, 5.74) is 10.0. The van der Waals surface area contributed by atoms with Crippen LogP contribution in [0.3, 0.4) is 0 Å². The third-order valence-corrected chi connectivity index (χ3v) is 5.01. The summed E-state index contributed by atoms with van der Waals surface area (Å²) in [5, 5.41) is 3.20. The van der Waals surface area contributed by atoms with Gasteiger partial charge in [0.1, 0.15) is 18.1 Å². The molecule has 33 heavy (non-hydrogen) atoms. The van der Waals surface area contributed by atoms with E-state index in [0.29, 0.717) is 13.0 Å². The fraction of sp³-hybridized carbons (Fsp3) is 0.296. The Morgan fingerprint density at radius 1 is 0.909 bits per heavy atom. The van der Waals surface area contributed by atoms with Gasteiger partial charge < -0.3 is 14.8 Å². The lowest BCUT2D eigenvalue weighted by atomic mass is 9.94. The normalized spacial score (nSPS) is 9.45. The van der Waals surface area contributed by atoms with E-state index < -0.39 is 0 Å². The topological polar surface area (TPSA) is 85.6 Å². The zero-order valence-electron chi connectivity index (χ0n) is 20.8. The Morgan fingerprint density at radius 3 is 2.03 bits per heavy atom. The number of rotatable bonds is 7. The third kappa shape index (κ3) is 7.54. The largest absolute Gasteiger partial charge is 0.496 e. The van der Waals surface area contributed by atoms with Crippen LogP contribution in [0.5, 0.6) is 11.5 Å². The Labute approximate surface area is 198 Å². The molecule has 3 rings (SSSR count). The van der Waals surface area contributed by atoms with E-state index in [9.17, 15) is 0 Å². The van der Waals surface area contributed by atoms with E-state index in [1.807, 2.05) is 39.1 Å². The van der Waals surface area contributed by atoms with Crippen LogP contribution in [0.4, 0.5) is 5.69 Å². The molecule has 3 aromatic carbocycles. The first-order valence-electron chi connectivity index (χ1n) is 11.0. The zero-order chi connectivity index (χ0) is 24.8. The Balaban J connectivity index is 0.000000820. The molecular weight excluding hydrogens is 414 g/mol. The van der Waals surface area contributed by atoms with Gasteiger partial charge in [0.15, 0.2) is 0 Å². The van der Waals surface area contributed by atoms with Gasteiger partial charge in [-0.25, -0.2) is 5.84 Å². The highest BCUT2D eigenvalue weighted by molar-refractivity contribution is 5.72. The molecule has 0 saturated heterocycles. The number of benzene rings is 3. The Kier molecular flexibility index (Phi) is 12.1. The summed E-state index contributed by atoms with van der Waals surface area (Å²) in [4.78, 5) is 8.94. The molecule has 178 valence electrons. The molecule has 0 saturated carbocycles. The number of hydrazine groups is 1. The van der Waals surface area contributed by atoms with Gasteiger partial charge in [0.25, 0.3) is 0 Å². The Morgan fingerprint density at radius 2 is 1.52 bits per heavy atom. The number of anilines is 1. The number of hydrogen-bond donors (Lipinski definition) is 3. The molecule has 3 aromatic rings. The van der Waals surface area contributed by atoms with E-state index in [4.69, 9.17) is 14.3 Å². The lowest BCUT2D eigenvalue weighted by molar-refractivity contribution is -0.109. The summed E-state index contributed by atoms with van der Waals surface area (Å²) in [5.74, 6) is 6.12. The standard InChI is InChI=1S/C24H27NO2.C2H6.CH4N2O/c1-16-8-6-9-17(2)24(16)19-12-13-22(18(3)14-19)27-15-20-21(25-4)10-7-11-23(20)26-5;1-2;2-3-1-4/h6-14,25H,15H2,1-5H3;1-2H3;1H,2H2,(H,3,4). The van der Waals surface area contributed by atoms with Crippen molar-refractivity contribution >= 4 is 12.1 Å². The number of nitrogens with one attached hydrogen (secondary N) is 2. The van der Waals surface area contributed by atoms with Crippen LogP contribution in [0, 0.1) is 20.8 Å². The van der Waals surface area contributed by atoms with Gasteiger partial charge >= 0.3 is 0 Å². The highest BCUT2D eigenvalue weighted by atomic mass is 16.5. The van der Waals surface area contributed by atoms with Gasteiger partial charge in [-0.3, -0.25) is 10.2 Å². The fourth-order valence-electron chi connectivity index (χ4n) is 3.53. The number of amides is 1. The van der Waals surface area contributed by atoms with Crippen LogP contribution in [-0.4, -0.2) is 20.6 Å². The van der Waals surface area contributed by atoms with Crippen molar-refractivity contribution in [1.82, 2.24) is 5.43 Å². The Bertz CT molecular complexity index is 977. The van der Waals surface area contributed by atoms with Crippen LogP contribution in [0.15, 0.2) is 54.6 Å². The van der Waals surface area contributed by atoms with Crippen molar-refractivity contribution in [3.05, 3.63) is 76.9 Å². The molecule has 1 amide bonds. The van der Waals surface area contributed by atoms with Crippen LogP contribution in [0.1, 0.15) is 36.1 Å². The minimum absolute atomic E-state index is 0.403. The molecule has 4 N–H and O–H groups in total. The summed E-state index contributed by atoms with van der Waals surface area (Å²) in [6, 6.07) is 18.8. The quantitative estimate of drug-likeness (QED) is 0.190. The van der Waals surface area contributed by atoms with Crippen LogP contribution < -0.4 is 26.1 Å². The van der Waals surface area contributed by atoms with Crippen molar-refractivity contribution in [3.63, 3.8) is 0 Å². The van der Waals surface area contributed by atoms with Crippen molar-refractivity contribution in [3.8, 4) is 22.6 Å². The van der Waals surface area contributed by atoms with Crippen LogP contribution in [-0.2, 0) is 11.4 Å². The summed E-state index contributed by atoms with van der Waals surface area (Å²) >= 11 is 0. The predicted octanol–water partition coefficient (Wildman–Crippen LogP) is 5.54. The third-order valence-electron chi connectivity index (χ3n) is 5.01. The lowest BCUT2D eigenvalue weighted by Gasteiger charge is -2.16. The highest BCUT2D eigenvalue weighted by Crippen LogP contribution is 2.32. The molecule has 0 fully saturated rings. The van der Waals surface area contributed by atoms with Gasteiger partial charge in [0.2, 0.25) is 6.41 Å². The van der Waals surface area contributed by atoms with Gasteiger partial charge in [0, 0.05) is 12.7 Å². The predicted molar refractivity (Wildman–Crippen MR) is 138 cm³/mol. The number of nitrogens with two attached hydrogens (primary N) is 1. The summed E-state index contributed by atoms with van der Waals surface area (Å²) in [6.45, 7) is 10.9. The van der Waals surface area contributed by atoms with Gasteiger partial charge in [-0.2, -0.15) is 0 Å². The number of carbonyl (C=O) groups is 1. The fourth-order valence-corrected chi connectivity index (χ4v) is 3.53. The van der Waals surface area contributed by atoms with Crippen LogP contribution in [0.2, 0.25) is 0 Å². The SMILES string of the molecule is CC.CNc1cccc(OC)c1COc1ccc(-c2c(C)cccc2C)cc1C.NNC=O.